The molecule has 3 heterocycles. The zero-order valence-corrected chi connectivity index (χ0v) is 15.1. The van der Waals surface area contributed by atoms with Crippen molar-refractivity contribution < 1.29 is 9.32 Å². The molecule has 1 amide bonds. The predicted octanol–water partition coefficient (Wildman–Crippen LogP) is 2.82. The number of carbonyl (C=O) groups is 1. The number of likely N-dealkylation sites (tertiary alicyclic amines) is 1. The van der Waals surface area contributed by atoms with Crippen LogP contribution in [0.5, 0.6) is 0 Å². The van der Waals surface area contributed by atoms with Crippen molar-refractivity contribution in [1.29, 1.82) is 0 Å². The zero-order valence-electron chi connectivity index (χ0n) is 14.3. The van der Waals surface area contributed by atoms with Crippen LogP contribution in [0.4, 0.5) is 5.13 Å². The Labute approximate surface area is 154 Å². The molecule has 1 unspecified atom stereocenters. The summed E-state index contributed by atoms with van der Waals surface area (Å²) in [4.78, 5) is 19.1. The molecule has 1 atom stereocenters. The van der Waals surface area contributed by atoms with Crippen LogP contribution >= 0.6 is 11.3 Å². The van der Waals surface area contributed by atoms with Crippen molar-refractivity contribution in [3.8, 4) is 0 Å². The Bertz CT molecular complexity index is 894. The van der Waals surface area contributed by atoms with E-state index < -0.39 is 0 Å². The first-order valence-electron chi connectivity index (χ1n) is 8.40. The van der Waals surface area contributed by atoms with Gasteiger partial charge < -0.3 is 4.52 Å². The van der Waals surface area contributed by atoms with Crippen LogP contribution in [0.1, 0.15) is 46.5 Å². The molecule has 8 nitrogen and oxygen atoms in total. The van der Waals surface area contributed by atoms with Crippen molar-refractivity contribution in [3.05, 3.63) is 52.6 Å². The van der Waals surface area contributed by atoms with Gasteiger partial charge in [0.25, 0.3) is 5.91 Å². The fourth-order valence-corrected chi connectivity index (χ4v) is 3.63. The van der Waals surface area contributed by atoms with Crippen LogP contribution in [0, 0.1) is 6.92 Å². The lowest BCUT2D eigenvalue weighted by Gasteiger charge is -2.21. The topological polar surface area (TPSA) is 97.0 Å². The van der Waals surface area contributed by atoms with Gasteiger partial charge in [-0.05, 0) is 44.0 Å². The molecule has 0 aliphatic carbocycles. The molecule has 1 N–H and O–H groups in total. The Morgan fingerprint density at radius 1 is 1.46 bits per heavy atom. The van der Waals surface area contributed by atoms with Crippen LogP contribution in [0.3, 0.4) is 0 Å². The lowest BCUT2D eigenvalue weighted by Crippen LogP contribution is -2.23. The van der Waals surface area contributed by atoms with Crippen molar-refractivity contribution in [2.24, 2.45) is 0 Å². The van der Waals surface area contributed by atoms with Crippen molar-refractivity contribution in [3.63, 3.8) is 0 Å². The van der Waals surface area contributed by atoms with Gasteiger partial charge in [0.15, 0.2) is 5.82 Å². The minimum atomic E-state index is -0.186. The van der Waals surface area contributed by atoms with E-state index in [0.717, 1.165) is 31.5 Å². The number of benzene rings is 1. The second-order valence-corrected chi connectivity index (χ2v) is 7.04. The van der Waals surface area contributed by atoms with Gasteiger partial charge in [0.2, 0.25) is 11.0 Å². The Kier molecular flexibility index (Phi) is 4.72. The molecule has 1 aliphatic heterocycles. The van der Waals surface area contributed by atoms with Gasteiger partial charge in [-0.3, -0.25) is 15.0 Å². The summed E-state index contributed by atoms with van der Waals surface area (Å²) >= 11 is 1.29. The lowest BCUT2D eigenvalue weighted by molar-refractivity contribution is 0.102. The number of carbonyl (C=O) groups excluding carboxylic acids is 1. The van der Waals surface area contributed by atoms with Crippen LogP contribution in [-0.2, 0) is 6.54 Å². The maximum Gasteiger partial charge on any atom is 0.257 e. The number of nitrogens with zero attached hydrogens (tertiary/aromatic N) is 5. The van der Waals surface area contributed by atoms with E-state index in [0.29, 0.717) is 22.4 Å². The molecule has 2 aromatic heterocycles. The summed E-state index contributed by atoms with van der Waals surface area (Å²) in [5.74, 6) is 1.14. The third-order valence-electron chi connectivity index (χ3n) is 4.35. The summed E-state index contributed by atoms with van der Waals surface area (Å²) in [6.07, 6.45) is 2.09. The molecule has 4 rings (SSSR count). The Balaban J connectivity index is 1.47. The number of anilines is 1. The normalized spacial score (nSPS) is 17.5. The monoisotopic (exact) mass is 370 g/mol. The molecule has 1 aromatic carbocycles. The number of aromatic nitrogens is 4. The minimum absolute atomic E-state index is 0.134. The highest BCUT2D eigenvalue weighted by atomic mass is 32.1. The number of hydrogen-bond donors (Lipinski definition) is 1. The third-order valence-corrected chi connectivity index (χ3v) is 4.95. The van der Waals surface area contributed by atoms with Crippen LogP contribution in [-0.4, -0.2) is 37.7 Å². The van der Waals surface area contributed by atoms with E-state index in [9.17, 15) is 4.79 Å². The largest absolute Gasteiger partial charge is 0.338 e. The highest BCUT2D eigenvalue weighted by Crippen LogP contribution is 2.32. The van der Waals surface area contributed by atoms with Crippen LogP contribution in [0.15, 0.2) is 34.3 Å². The molecule has 134 valence electrons. The fraction of sp³-hybridized carbons (Fsp3) is 0.353. The fourth-order valence-electron chi connectivity index (χ4n) is 3.19. The van der Waals surface area contributed by atoms with Gasteiger partial charge in [0, 0.05) is 12.1 Å². The maximum atomic E-state index is 12.4. The summed E-state index contributed by atoms with van der Waals surface area (Å²) in [5, 5.41) is 14.7. The van der Waals surface area contributed by atoms with Gasteiger partial charge in [-0.15, -0.1) is 10.2 Å². The van der Waals surface area contributed by atoms with Gasteiger partial charge in [0.1, 0.15) is 5.51 Å². The van der Waals surface area contributed by atoms with Crippen molar-refractivity contribution in [1.82, 2.24) is 25.2 Å². The smallest absolute Gasteiger partial charge is 0.257 e. The lowest BCUT2D eigenvalue weighted by atomic mass is 10.1. The predicted molar refractivity (Wildman–Crippen MR) is 95.7 cm³/mol. The van der Waals surface area contributed by atoms with E-state index in [2.05, 4.69) is 30.6 Å². The van der Waals surface area contributed by atoms with Crippen LogP contribution < -0.4 is 5.32 Å². The molecule has 26 heavy (non-hydrogen) atoms. The number of rotatable bonds is 5. The van der Waals surface area contributed by atoms with Crippen molar-refractivity contribution in [2.75, 3.05) is 11.9 Å². The molecule has 0 saturated carbocycles. The third kappa shape index (κ3) is 3.63. The van der Waals surface area contributed by atoms with E-state index >= 15 is 0 Å². The van der Waals surface area contributed by atoms with Gasteiger partial charge in [-0.25, -0.2) is 0 Å². The zero-order chi connectivity index (χ0) is 17.9. The van der Waals surface area contributed by atoms with Gasteiger partial charge >= 0.3 is 0 Å². The molecule has 1 aliphatic rings. The highest BCUT2D eigenvalue weighted by Gasteiger charge is 2.30. The molecule has 0 spiro atoms. The second-order valence-electron chi connectivity index (χ2n) is 6.21. The minimum Gasteiger partial charge on any atom is -0.338 e. The molecular weight excluding hydrogens is 352 g/mol. The molecule has 0 radical (unpaired) electrons. The highest BCUT2D eigenvalue weighted by molar-refractivity contribution is 7.13. The van der Waals surface area contributed by atoms with E-state index in [1.165, 1.54) is 11.3 Å². The molecular formula is C17H18N6O2S. The van der Waals surface area contributed by atoms with Gasteiger partial charge in [-0.2, -0.15) is 4.98 Å². The quantitative estimate of drug-likeness (QED) is 0.737. The molecule has 0 bridgehead atoms. The molecule has 1 saturated heterocycles. The maximum absolute atomic E-state index is 12.4. The average Bonchev–Trinajstić information content (AvgIpc) is 3.37. The molecule has 9 heteroatoms. The van der Waals surface area contributed by atoms with Crippen molar-refractivity contribution >= 4 is 22.4 Å². The van der Waals surface area contributed by atoms with Crippen LogP contribution in [0.2, 0.25) is 0 Å². The SMILES string of the molecule is Cc1noc(C2CCCN2Cc2cccc(C(=O)Nc3nncs3)c2)n1. The van der Waals surface area contributed by atoms with E-state index in [4.69, 9.17) is 4.52 Å². The van der Waals surface area contributed by atoms with E-state index in [1.807, 2.05) is 25.1 Å². The summed E-state index contributed by atoms with van der Waals surface area (Å²) in [6.45, 7) is 3.52. The number of aryl methyl sites for hydroxylation is 1. The summed E-state index contributed by atoms with van der Waals surface area (Å²) in [5.41, 5.74) is 3.25. The standard InChI is InChI=1S/C17H18N6O2S/c1-11-19-16(25-22-11)14-6-3-7-23(14)9-12-4-2-5-13(8-12)15(24)20-17-21-18-10-26-17/h2,4-5,8,10,14H,3,6-7,9H2,1H3,(H,20,21,24). The van der Waals surface area contributed by atoms with E-state index in [1.54, 1.807) is 11.6 Å². The van der Waals surface area contributed by atoms with Crippen molar-refractivity contribution in [2.45, 2.75) is 32.4 Å². The number of hydrogen-bond acceptors (Lipinski definition) is 8. The van der Waals surface area contributed by atoms with Crippen LogP contribution in [0.25, 0.3) is 0 Å². The number of nitrogens with one attached hydrogen (secondary N) is 1. The first-order valence-corrected chi connectivity index (χ1v) is 9.28. The summed E-state index contributed by atoms with van der Waals surface area (Å²) < 4.78 is 5.36. The Morgan fingerprint density at radius 3 is 3.15 bits per heavy atom. The second kappa shape index (κ2) is 7.30. The number of amides is 1. The van der Waals surface area contributed by atoms with E-state index in [-0.39, 0.29) is 11.9 Å². The Morgan fingerprint density at radius 2 is 2.38 bits per heavy atom. The first-order chi connectivity index (χ1) is 12.7. The molecule has 1 fully saturated rings. The molecule has 3 aromatic rings. The summed E-state index contributed by atoms with van der Waals surface area (Å²) in [7, 11) is 0. The summed E-state index contributed by atoms with van der Waals surface area (Å²) in [6, 6.07) is 7.76. The average molecular weight is 370 g/mol. The van der Waals surface area contributed by atoms with Gasteiger partial charge in [-0.1, -0.05) is 28.6 Å². The Hall–Kier alpha value is -2.65. The first kappa shape index (κ1) is 16.8. The van der Waals surface area contributed by atoms with Gasteiger partial charge in [0.05, 0.1) is 6.04 Å².